The molecule has 3 nitrogen and oxygen atoms in total. The lowest BCUT2D eigenvalue weighted by Gasteiger charge is -2.16. The van der Waals surface area contributed by atoms with Crippen LogP contribution in [-0.4, -0.2) is 24.4 Å². The van der Waals surface area contributed by atoms with Gasteiger partial charge in [0.1, 0.15) is 18.5 Å². The summed E-state index contributed by atoms with van der Waals surface area (Å²) in [6.07, 6.45) is -0.594. The summed E-state index contributed by atoms with van der Waals surface area (Å²) in [4.78, 5) is 0. The van der Waals surface area contributed by atoms with E-state index >= 15 is 0 Å². The molecule has 2 aromatic rings. The highest BCUT2D eigenvalue weighted by molar-refractivity contribution is 9.11. The van der Waals surface area contributed by atoms with Crippen molar-refractivity contribution in [3.05, 3.63) is 57.0 Å². The Morgan fingerprint density at radius 1 is 1.10 bits per heavy atom. The Bertz CT molecular complexity index is 584. The number of nitrogens with one attached hydrogen (secondary N) is 1. The smallest absolute Gasteiger partial charge is 0.122 e. The number of rotatable bonds is 6. The second kappa shape index (κ2) is 7.82. The third kappa shape index (κ3) is 4.73. The third-order valence-corrected chi connectivity index (χ3v) is 4.32. The summed E-state index contributed by atoms with van der Waals surface area (Å²) in [5.74, 6) is 0.804. The number of aryl methyl sites for hydroxylation is 1. The van der Waals surface area contributed by atoms with Crippen molar-refractivity contribution in [2.45, 2.75) is 13.0 Å². The van der Waals surface area contributed by atoms with E-state index in [1.54, 1.807) is 0 Å². The Labute approximate surface area is 141 Å². The lowest BCUT2D eigenvalue weighted by atomic mass is 10.2. The van der Waals surface area contributed by atoms with E-state index in [0.29, 0.717) is 6.54 Å². The average Bonchev–Trinajstić information content (AvgIpc) is 2.46. The maximum absolute atomic E-state index is 10.0. The zero-order chi connectivity index (χ0) is 15.2. The number of benzene rings is 2. The zero-order valence-corrected chi connectivity index (χ0v) is 14.8. The molecule has 0 aliphatic carbocycles. The molecule has 2 rings (SSSR count). The first kappa shape index (κ1) is 16.3. The second-order valence-electron chi connectivity index (χ2n) is 4.71. The van der Waals surface area contributed by atoms with Gasteiger partial charge in [0, 0.05) is 15.5 Å². The van der Waals surface area contributed by atoms with Crippen molar-refractivity contribution in [1.29, 1.82) is 0 Å². The van der Waals surface area contributed by atoms with Crippen LogP contribution in [0.3, 0.4) is 0 Å². The first-order valence-electron chi connectivity index (χ1n) is 6.62. The summed E-state index contributed by atoms with van der Waals surface area (Å²) < 4.78 is 7.53. The summed E-state index contributed by atoms with van der Waals surface area (Å²) >= 11 is 6.95. The third-order valence-electron chi connectivity index (χ3n) is 3.00. The molecular formula is C16H17Br2NO2. The van der Waals surface area contributed by atoms with Gasteiger partial charge in [-0.15, -0.1) is 0 Å². The predicted molar refractivity (Wildman–Crippen MR) is 93.0 cm³/mol. The van der Waals surface area contributed by atoms with E-state index in [0.717, 1.165) is 25.9 Å². The largest absolute Gasteiger partial charge is 0.491 e. The number of para-hydroxylation sites is 2. The van der Waals surface area contributed by atoms with E-state index in [9.17, 15) is 5.11 Å². The number of hydrogen-bond acceptors (Lipinski definition) is 3. The quantitative estimate of drug-likeness (QED) is 0.737. The molecule has 0 radical (unpaired) electrons. The molecule has 2 N–H and O–H groups in total. The van der Waals surface area contributed by atoms with Crippen molar-refractivity contribution in [2.24, 2.45) is 0 Å². The maximum atomic E-state index is 10.0. The molecule has 112 valence electrons. The normalized spacial score (nSPS) is 12.0. The minimum absolute atomic E-state index is 0.250. The number of hydrogen-bond donors (Lipinski definition) is 2. The lowest BCUT2D eigenvalue weighted by Crippen LogP contribution is -2.26. The molecule has 0 spiro atoms. The molecule has 1 unspecified atom stereocenters. The van der Waals surface area contributed by atoms with Gasteiger partial charge < -0.3 is 15.2 Å². The molecule has 0 heterocycles. The standard InChI is InChI=1S/C16H17Br2NO2/c1-11-5-2-3-8-15(11)21-10-12(20)9-19-16-13(17)6-4-7-14(16)18/h2-8,12,19-20H,9-10H2,1H3. The number of aliphatic hydroxyl groups is 1. The molecule has 0 fully saturated rings. The van der Waals surface area contributed by atoms with Crippen LogP contribution in [0.25, 0.3) is 0 Å². The van der Waals surface area contributed by atoms with Gasteiger partial charge in [0.05, 0.1) is 5.69 Å². The van der Waals surface area contributed by atoms with Crippen LogP contribution in [0.2, 0.25) is 0 Å². The second-order valence-corrected chi connectivity index (χ2v) is 6.42. The molecule has 0 aliphatic heterocycles. The van der Waals surface area contributed by atoms with E-state index in [1.165, 1.54) is 0 Å². The average molecular weight is 415 g/mol. The highest BCUT2D eigenvalue weighted by Crippen LogP contribution is 2.30. The van der Waals surface area contributed by atoms with Gasteiger partial charge in [-0.1, -0.05) is 24.3 Å². The van der Waals surface area contributed by atoms with Gasteiger partial charge in [0.15, 0.2) is 0 Å². The Hall–Kier alpha value is -1.04. The fraction of sp³-hybridized carbons (Fsp3) is 0.250. The van der Waals surface area contributed by atoms with Crippen molar-refractivity contribution >= 4 is 37.5 Å². The number of ether oxygens (including phenoxy) is 1. The maximum Gasteiger partial charge on any atom is 0.122 e. The minimum atomic E-state index is -0.594. The van der Waals surface area contributed by atoms with E-state index in [4.69, 9.17) is 4.74 Å². The number of anilines is 1. The molecule has 5 heteroatoms. The first-order valence-corrected chi connectivity index (χ1v) is 8.21. The van der Waals surface area contributed by atoms with Crippen LogP contribution < -0.4 is 10.1 Å². The Kier molecular flexibility index (Phi) is 6.08. The van der Waals surface area contributed by atoms with E-state index in [1.807, 2.05) is 49.4 Å². The minimum Gasteiger partial charge on any atom is -0.491 e. The molecule has 1 atom stereocenters. The fourth-order valence-electron chi connectivity index (χ4n) is 1.85. The molecule has 0 saturated heterocycles. The highest BCUT2D eigenvalue weighted by Gasteiger charge is 2.09. The topological polar surface area (TPSA) is 41.5 Å². The Morgan fingerprint density at radius 3 is 2.43 bits per heavy atom. The van der Waals surface area contributed by atoms with Crippen molar-refractivity contribution in [1.82, 2.24) is 0 Å². The molecule has 0 aliphatic rings. The molecule has 2 aromatic carbocycles. The van der Waals surface area contributed by atoms with Crippen LogP contribution in [0.4, 0.5) is 5.69 Å². The zero-order valence-electron chi connectivity index (χ0n) is 11.6. The summed E-state index contributed by atoms with van der Waals surface area (Å²) in [5, 5.41) is 13.2. The SMILES string of the molecule is Cc1ccccc1OCC(O)CNc1c(Br)cccc1Br. The van der Waals surface area contributed by atoms with Gasteiger partial charge in [-0.2, -0.15) is 0 Å². The summed E-state index contributed by atoms with van der Waals surface area (Å²) in [6.45, 7) is 2.64. The van der Waals surface area contributed by atoms with Crippen LogP contribution in [0.15, 0.2) is 51.4 Å². The van der Waals surface area contributed by atoms with Crippen molar-refractivity contribution in [3.8, 4) is 5.75 Å². The van der Waals surface area contributed by atoms with Crippen LogP contribution in [0.1, 0.15) is 5.56 Å². The van der Waals surface area contributed by atoms with E-state index in [2.05, 4.69) is 37.2 Å². The van der Waals surface area contributed by atoms with Gasteiger partial charge >= 0.3 is 0 Å². The van der Waals surface area contributed by atoms with Gasteiger partial charge in [0.25, 0.3) is 0 Å². The van der Waals surface area contributed by atoms with Crippen LogP contribution in [0.5, 0.6) is 5.75 Å². The number of halogens is 2. The van der Waals surface area contributed by atoms with E-state index in [-0.39, 0.29) is 6.61 Å². The van der Waals surface area contributed by atoms with Gasteiger partial charge in [0.2, 0.25) is 0 Å². The molecule has 0 bridgehead atoms. The van der Waals surface area contributed by atoms with Crippen LogP contribution >= 0.6 is 31.9 Å². The lowest BCUT2D eigenvalue weighted by molar-refractivity contribution is 0.117. The predicted octanol–water partition coefficient (Wildman–Crippen LogP) is 4.37. The van der Waals surface area contributed by atoms with Gasteiger partial charge in [-0.3, -0.25) is 0 Å². The summed E-state index contributed by atoms with van der Waals surface area (Å²) in [5.41, 5.74) is 1.98. The van der Waals surface area contributed by atoms with Crippen LogP contribution in [0, 0.1) is 6.92 Å². The molecular weight excluding hydrogens is 398 g/mol. The summed E-state index contributed by atoms with van der Waals surface area (Å²) in [6, 6.07) is 13.6. The molecule has 0 aromatic heterocycles. The fourth-order valence-corrected chi connectivity index (χ4v) is 3.13. The van der Waals surface area contributed by atoms with Crippen molar-refractivity contribution in [2.75, 3.05) is 18.5 Å². The van der Waals surface area contributed by atoms with Crippen molar-refractivity contribution in [3.63, 3.8) is 0 Å². The molecule has 0 amide bonds. The molecule has 21 heavy (non-hydrogen) atoms. The van der Waals surface area contributed by atoms with Crippen LogP contribution in [-0.2, 0) is 0 Å². The van der Waals surface area contributed by atoms with Gasteiger partial charge in [-0.25, -0.2) is 0 Å². The van der Waals surface area contributed by atoms with Crippen molar-refractivity contribution < 1.29 is 9.84 Å². The summed E-state index contributed by atoms with van der Waals surface area (Å²) in [7, 11) is 0. The first-order chi connectivity index (χ1) is 10.1. The van der Waals surface area contributed by atoms with Gasteiger partial charge in [-0.05, 0) is 62.5 Å². The number of aliphatic hydroxyl groups excluding tert-OH is 1. The highest BCUT2D eigenvalue weighted by atomic mass is 79.9. The Balaban J connectivity index is 1.85. The van der Waals surface area contributed by atoms with E-state index < -0.39 is 6.10 Å². The Morgan fingerprint density at radius 2 is 1.76 bits per heavy atom. The molecule has 0 saturated carbocycles. The monoisotopic (exact) mass is 413 g/mol.